The Bertz CT molecular complexity index is 1320. The molecule has 1 fully saturated rings. The number of hydrogen-bond acceptors (Lipinski definition) is 12. The predicted molar refractivity (Wildman–Crippen MR) is 158 cm³/mol. The number of nitrogen functional groups attached to an aromatic ring is 1. The third kappa shape index (κ3) is 8.71. The first kappa shape index (κ1) is 32.9. The molecular formula is C23H36ClN6O7PS2. The van der Waals surface area contributed by atoms with E-state index in [-0.39, 0.29) is 41.5 Å². The predicted octanol–water partition coefficient (Wildman–Crippen LogP) is 3.09. The van der Waals surface area contributed by atoms with Crippen LogP contribution in [-0.2, 0) is 39.9 Å². The Morgan fingerprint density at radius 3 is 2.73 bits per heavy atom. The van der Waals surface area contributed by atoms with Gasteiger partial charge in [-0.1, -0.05) is 32.5 Å². The summed E-state index contributed by atoms with van der Waals surface area (Å²) < 4.78 is 24.9. The fraction of sp³-hybridized carbons (Fsp3) is 0.696. The van der Waals surface area contributed by atoms with Crippen molar-refractivity contribution in [2.24, 2.45) is 5.41 Å². The summed E-state index contributed by atoms with van der Waals surface area (Å²) >= 11 is 13.5. The number of nitrogens with one attached hydrogen (secondary N) is 2. The SMILES string of the molecule is CC(C)OC(=O)[C@H](C)NP(=S)(OCCSC(=O)C(C)(C)C)OC[C@@H]1C[C@H](Cl)[C@H](n2cnc3c(=O)[nH]c(N)nc32)O1. The molecule has 17 heteroatoms. The van der Waals surface area contributed by atoms with Gasteiger partial charge in [0.05, 0.1) is 37.1 Å². The van der Waals surface area contributed by atoms with Gasteiger partial charge in [-0.25, -0.2) is 10.1 Å². The Morgan fingerprint density at radius 1 is 1.38 bits per heavy atom. The molecule has 0 aromatic carbocycles. The molecule has 0 saturated carbocycles. The summed E-state index contributed by atoms with van der Waals surface area (Å²) in [5.74, 6) is -0.195. The molecule has 0 bridgehead atoms. The molecule has 0 spiro atoms. The highest BCUT2D eigenvalue weighted by Crippen LogP contribution is 2.46. The number of hydrogen-bond donors (Lipinski definition) is 3. The third-order valence-electron chi connectivity index (χ3n) is 5.53. The minimum atomic E-state index is -3.24. The van der Waals surface area contributed by atoms with Crippen molar-refractivity contribution in [2.75, 3.05) is 24.7 Å². The Kier molecular flexibility index (Phi) is 11.2. The molecule has 1 saturated heterocycles. The van der Waals surface area contributed by atoms with Crippen LogP contribution in [0, 0.1) is 5.41 Å². The van der Waals surface area contributed by atoms with Crippen LogP contribution in [0.5, 0.6) is 0 Å². The average Bonchev–Trinajstić information content (AvgIpc) is 3.42. The molecule has 5 atom stereocenters. The molecular weight excluding hydrogens is 603 g/mol. The van der Waals surface area contributed by atoms with E-state index >= 15 is 0 Å². The highest BCUT2D eigenvalue weighted by molar-refractivity contribution is 8.13. The second kappa shape index (κ2) is 13.6. The Morgan fingerprint density at radius 2 is 2.08 bits per heavy atom. The molecule has 2 aromatic rings. The van der Waals surface area contributed by atoms with Gasteiger partial charge in [0.1, 0.15) is 6.04 Å². The van der Waals surface area contributed by atoms with Gasteiger partial charge in [0, 0.05) is 11.2 Å². The summed E-state index contributed by atoms with van der Waals surface area (Å²) in [6, 6.07) is -0.804. The number of rotatable bonds is 12. The number of carbonyl (C=O) groups is 2. The summed E-state index contributed by atoms with van der Waals surface area (Å²) in [4.78, 5) is 47.5. The van der Waals surface area contributed by atoms with Gasteiger partial charge in [0.2, 0.25) is 5.95 Å². The normalized spacial score (nSPS) is 21.9. The van der Waals surface area contributed by atoms with Gasteiger partial charge in [0.25, 0.3) is 12.2 Å². The standard InChI is InChI=1S/C23H36ClN6O7PS2/c1-12(2)36-20(32)13(3)29-38(39,34-7-8-40-21(33)23(4,5)6)35-10-14-9-15(24)19(37-14)30-11-26-16-17(30)27-22(25)28-18(16)31/h11-15,19H,7-10H2,1-6H3,(H,29,39)(H3,25,27,28,31)/t13-,14-,15-,19+,38?/m0/s1. The molecule has 1 aliphatic heterocycles. The number of thioether (sulfide) groups is 1. The molecule has 4 N–H and O–H groups in total. The second-order valence-corrected chi connectivity index (χ2v) is 15.4. The number of anilines is 1. The topological polar surface area (TPSA) is 173 Å². The van der Waals surface area contributed by atoms with E-state index in [0.29, 0.717) is 12.2 Å². The fourth-order valence-electron chi connectivity index (χ4n) is 3.61. The van der Waals surface area contributed by atoms with E-state index in [9.17, 15) is 14.4 Å². The van der Waals surface area contributed by atoms with Gasteiger partial charge in [-0.15, -0.1) is 11.6 Å². The minimum Gasteiger partial charge on any atom is -0.462 e. The zero-order valence-corrected chi connectivity index (χ0v) is 26.5. The molecule has 1 unspecified atom stereocenters. The first-order valence-electron chi connectivity index (χ1n) is 12.7. The highest BCUT2D eigenvalue weighted by atomic mass is 35.5. The molecule has 13 nitrogen and oxygen atoms in total. The van der Waals surface area contributed by atoms with E-state index in [1.165, 1.54) is 6.33 Å². The number of nitrogens with two attached hydrogens (primary N) is 1. The zero-order valence-electron chi connectivity index (χ0n) is 23.2. The van der Waals surface area contributed by atoms with Crippen molar-refractivity contribution in [3.8, 4) is 0 Å². The molecule has 0 radical (unpaired) electrons. The molecule has 1 aliphatic rings. The number of imidazole rings is 1. The quantitative estimate of drug-likeness (QED) is 0.134. The number of H-pyrrole nitrogens is 1. The lowest BCUT2D eigenvalue weighted by Crippen LogP contribution is -2.36. The van der Waals surface area contributed by atoms with Crippen molar-refractivity contribution in [1.29, 1.82) is 0 Å². The van der Waals surface area contributed by atoms with Gasteiger partial charge in [0.15, 0.2) is 22.5 Å². The second-order valence-electron chi connectivity index (χ2n) is 10.5. The maximum Gasteiger partial charge on any atom is 0.323 e. The van der Waals surface area contributed by atoms with E-state index in [1.807, 2.05) is 20.8 Å². The fourth-order valence-corrected chi connectivity index (χ4v) is 7.27. The summed E-state index contributed by atoms with van der Waals surface area (Å²) in [6.45, 7) is 7.52. The van der Waals surface area contributed by atoms with E-state index in [4.69, 9.17) is 47.7 Å². The maximum atomic E-state index is 12.4. The minimum absolute atomic E-state index is 0.00674. The Balaban J connectivity index is 1.67. The van der Waals surface area contributed by atoms with Crippen molar-refractivity contribution in [1.82, 2.24) is 24.6 Å². The number of fused-ring (bicyclic) bond motifs is 1. The zero-order chi connectivity index (χ0) is 29.8. The Hall–Kier alpha value is -1.58. The summed E-state index contributed by atoms with van der Waals surface area (Å²) in [7, 11) is 0. The van der Waals surface area contributed by atoms with Gasteiger partial charge in [-0.2, -0.15) is 4.98 Å². The van der Waals surface area contributed by atoms with Crippen LogP contribution >= 0.6 is 30.0 Å². The number of carbonyl (C=O) groups excluding carboxylic acids is 2. The first-order chi connectivity index (χ1) is 18.6. The van der Waals surface area contributed by atoms with Crippen LogP contribution in [0.25, 0.3) is 11.2 Å². The summed E-state index contributed by atoms with van der Waals surface area (Å²) in [5, 5.41) is 2.50. The molecule has 3 heterocycles. The highest BCUT2D eigenvalue weighted by Gasteiger charge is 2.38. The van der Waals surface area contributed by atoms with Gasteiger partial charge in [-0.3, -0.25) is 23.9 Å². The number of alkyl halides is 1. The number of aromatic amines is 1. The smallest absolute Gasteiger partial charge is 0.323 e. The molecule has 2 aromatic heterocycles. The third-order valence-corrected chi connectivity index (χ3v) is 9.83. The van der Waals surface area contributed by atoms with Crippen LogP contribution in [0.15, 0.2) is 11.1 Å². The molecule has 40 heavy (non-hydrogen) atoms. The van der Waals surface area contributed by atoms with Crippen LogP contribution in [0.4, 0.5) is 5.95 Å². The lowest BCUT2D eigenvalue weighted by Gasteiger charge is -2.27. The van der Waals surface area contributed by atoms with Crippen molar-refractivity contribution in [2.45, 2.75) is 77.8 Å². The van der Waals surface area contributed by atoms with E-state index in [1.54, 1.807) is 25.3 Å². The van der Waals surface area contributed by atoms with Crippen LogP contribution in [-0.4, -0.2) is 73.2 Å². The van der Waals surface area contributed by atoms with Gasteiger partial charge >= 0.3 is 5.97 Å². The van der Waals surface area contributed by atoms with Crippen molar-refractivity contribution < 1.29 is 28.1 Å². The number of halogens is 1. The number of aromatic nitrogens is 4. The van der Waals surface area contributed by atoms with Crippen molar-refractivity contribution in [3.05, 3.63) is 16.7 Å². The lowest BCUT2D eigenvalue weighted by molar-refractivity contribution is -0.149. The van der Waals surface area contributed by atoms with Crippen LogP contribution in [0.3, 0.4) is 0 Å². The van der Waals surface area contributed by atoms with E-state index in [2.05, 4.69) is 20.0 Å². The summed E-state index contributed by atoms with van der Waals surface area (Å²) in [5.41, 5.74) is 5.10. The van der Waals surface area contributed by atoms with Gasteiger partial charge < -0.3 is 24.3 Å². The van der Waals surface area contributed by atoms with Crippen LogP contribution in [0.1, 0.15) is 54.2 Å². The van der Waals surface area contributed by atoms with Gasteiger partial charge in [-0.05, 0) is 39.0 Å². The maximum absolute atomic E-state index is 12.4. The number of esters is 1. The number of nitrogens with zero attached hydrogens (tertiary/aromatic N) is 3. The molecule has 224 valence electrons. The monoisotopic (exact) mass is 638 g/mol. The molecule has 0 aliphatic carbocycles. The Labute approximate surface area is 246 Å². The number of ether oxygens (including phenoxy) is 2. The summed E-state index contributed by atoms with van der Waals surface area (Å²) in [6.07, 6.45) is 0.317. The first-order valence-corrected chi connectivity index (χ1v) is 16.7. The van der Waals surface area contributed by atoms with Crippen molar-refractivity contribution in [3.63, 3.8) is 0 Å². The molecule has 0 amide bonds. The lowest BCUT2D eigenvalue weighted by atomic mass is 10.00. The average molecular weight is 639 g/mol. The molecule has 3 rings (SSSR count). The van der Waals surface area contributed by atoms with Crippen LogP contribution in [0.2, 0.25) is 0 Å². The largest absolute Gasteiger partial charge is 0.462 e. The van der Waals surface area contributed by atoms with Crippen molar-refractivity contribution >= 4 is 70.0 Å². The van der Waals surface area contributed by atoms with E-state index in [0.717, 1.165) is 11.8 Å². The van der Waals surface area contributed by atoms with Crippen LogP contribution < -0.4 is 16.4 Å². The van der Waals surface area contributed by atoms with E-state index < -0.39 is 47.3 Å².